The number of benzene rings is 1. The van der Waals surface area contributed by atoms with Crippen molar-refractivity contribution in [3.05, 3.63) is 52.0 Å². The summed E-state index contributed by atoms with van der Waals surface area (Å²) in [7, 11) is 1.35. The molecule has 2 rings (SSSR count). The number of rotatable bonds is 5. The van der Waals surface area contributed by atoms with Gasteiger partial charge in [0.25, 0.3) is 0 Å². The number of anilines is 1. The summed E-state index contributed by atoms with van der Waals surface area (Å²) in [4.78, 5) is 16.2. The molecule has 0 unspecified atom stereocenters. The van der Waals surface area contributed by atoms with Crippen molar-refractivity contribution in [1.29, 1.82) is 0 Å². The Balaban J connectivity index is 2.01. The lowest BCUT2D eigenvalue weighted by Crippen LogP contribution is -1.99. The van der Waals surface area contributed by atoms with Crippen molar-refractivity contribution in [2.75, 3.05) is 12.5 Å². The predicted octanol–water partition coefficient (Wildman–Crippen LogP) is 3.74. The van der Waals surface area contributed by atoms with Crippen molar-refractivity contribution in [2.45, 2.75) is 13.8 Å². The van der Waals surface area contributed by atoms with E-state index >= 15 is 0 Å². The van der Waals surface area contributed by atoms with E-state index in [4.69, 9.17) is 4.74 Å². The molecule has 0 saturated heterocycles. The fraction of sp³-hybridized carbons (Fsp3) is 0.188. The maximum atomic E-state index is 11.5. The van der Waals surface area contributed by atoms with Gasteiger partial charge in [0.1, 0.15) is 4.88 Å². The van der Waals surface area contributed by atoms with Crippen LogP contribution in [0.3, 0.4) is 0 Å². The average Bonchev–Trinajstić information content (AvgIpc) is 2.88. The number of methoxy groups -OCH3 is 1. The summed E-state index contributed by atoms with van der Waals surface area (Å²) < 4.78 is 4.70. The van der Waals surface area contributed by atoms with E-state index in [9.17, 15) is 4.79 Å². The largest absolute Gasteiger partial charge is 0.465 e. The Morgan fingerprint density at radius 3 is 2.77 bits per heavy atom. The summed E-state index contributed by atoms with van der Waals surface area (Å²) in [5.41, 5.74) is 5.58. The van der Waals surface area contributed by atoms with Gasteiger partial charge in [0, 0.05) is 0 Å². The van der Waals surface area contributed by atoms with Gasteiger partial charge in [-0.1, -0.05) is 47.7 Å². The number of hydrogen-bond donors (Lipinski definition) is 1. The number of aromatic nitrogens is 1. The first-order valence-electron chi connectivity index (χ1n) is 6.68. The second kappa shape index (κ2) is 7.51. The maximum absolute atomic E-state index is 11.5. The highest BCUT2D eigenvalue weighted by molar-refractivity contribution is 7.17. The molecule has 0 amide bonds. The molecule has 6 heteroatoms. The van der Waals surface area contributed by atoms with Crippen LogP contribution < -0.4 is 5.43 Å². The molecule has 2 aromatic rings. The lowest BCUT2D eigenvalue weighted by Gasteiger charge is -1.95. The van der Waals surface area contributed by atoms with Crippen LogP contribution in [0.2, 0.25) is 0 Å². The molecule has 0 aliphatic rings. The fourth-order valence-corrected chi connectivity index (χ4v) is 2.60. The van der Waals surface area contributed by atoms with Crippen molar-refractivity contribution >= 4 is 34.7 Å². The van der Waals surface area contributed by atoms with Crippen molar-refractivity contribution in [3.63, 3.8) is 0 Å². The summed E-state index contributed by atoms with van der Waals surface area (Å²) in [5, 5.41) is 4.69. The number of aryl methyl sites for hydroxylation is 1. The van der Waals surface area contributed by atoms with Crippen LogP contribution in [0.5, 0.6) is 0 Å². The minimum atomic E-state index is -0.382. The monoisotopic (exact) mass is 315 g/mol. The molecular formula is C16H17N3O2S. The van der Waals surface area contributed by atoms with Gasteiger partial charge < -0.3 is 4.74 Å². The summed E-state index contributed by atoms with van der Waals surface area (Å²) in [6, 6.07) is 10.0. The molecule has 1 aromatic carbocycles. The van der Waals surface area contributed by atoms with E-state index < -0.39 is 0 Å². The Morgan fingerprint density at radius 1 is 1.36 bits per heavy atom. The van der Waals surface area contributed by atoms with Crippen molar-refractivity contribution in [3.8, 4) is 0 Å². The molecule has 1 heterocycles. The van der Waals surface area contributed by atoms with E-state index in [0.29, 0.717) is 15.7 Å². The van der Waals surface area contributed by atoms with Gasteiger partial charge in [-0.05, 0) is 25.0 Å². The van der Waals surface area contributed by atoms with Gasteiger partial charge >= 0.3 is 5.97 Å². The first-order chi connectivity index (χ1) is 10.6. The molecule has 0 fully saturated rings. The second-order valence-electron chi connectivity index (χ2n) is 4.59. The Labute approximate surface area is 133 Å². The Morgan fingerprint density at radius 2 is 2.09 bits per heavy atom. The van der Waals surface area contributed by atoms with Crippen LogP contribution in [0.4, 0.5) is 5.13 Å². The first-order valence-corrected chi connectivity index (χ1v) is 7.50. The zero-order valence-corrected chi connectivity index (χ0v) is 13.5. The van der Waals surface area contributed by atoms with Crippen LogP contribution in [0.1, 0.15) is 27.9 Å². The number of allylic oxidation sites excluding steroid dienone is 1. The highest BCUT2D eigenvalue weighted by Gasteiger charge is 2.15. The number of nitrogens with zero attached hydrogens (tertiary/aromatic N) is 2. The second-order valence-corrected chi connectivity index (χ2v) is 5.59. The van der Waals surface area contributed by atoms with E-state index in [2.05, 4.69) is 15.5 Å². The standard InChI is InChI=1S/C16H17N3O2S/c1-11(9-13-7-5-4-6-8-13)10-17-19-16-18-12(2)14(22-16)15(20)21-3/h4-10H,1-3H3,(H,18,19)/b11-9+,17-10+. The number of hydrazone groups is 1. The van der Waals surface area contributed by atoms with Gasteiger partial charge in [0.05, 0.1) is 19.0 Å². The lowest BCUT2D eigenvalue weighted by atomic mass is 10.1. The Bertz CT molecular complexity index is 705. The summed E-state index contributed by atoms with van der Waals surface area (Å²) in [6.07, 6.45) is 3.74. The summed E-state index contributed by atoms with van der Waals surface area (Å²) in [5.74, 6) is -0.382. The third-order valence-electron chi connectivity index (χ3n) is 2.79. The Kier molecular flexibility index (Phi) is 5.43. The number of esters is 1. The van der Waals surface area contributed by atoms with E-state index in [-0.39, 0.29) is 5.97 Å². The van der Waals surface area contributed by atoms with Crippen LogP contribution in [-0.4, -0.2) is 24.3 Å². The zero-order chi connectivity index (χ0) is 15.9. The number of carbonyl (C=O) groups excluding carboxylic acids is 1. The number of carbonyl (C=O) groups is 1. The van der Waals surface area contributed by atoms with Crippen LogP contribution >= 0.6 is 11.3 Å². The van der Waals surface area contributed by atoms with Crippen LogP contribution in [0.25, 0.3) is 6.08 Å². The molecular weight excluding hydrogens is 298 g/mol. The molecule has 114 valence electrons. The third-order valence-corrected chi connectivity index (χ3v) is 3.83. The number of hydrogen-bond acceptors (Lipinski definition) is 6. The maximum Gasteiger partial charge on any atom is 0.350 e. The minimum Gasteiger partial charge on any atom is -0.465 e. The smallest absolute Gasteiger partial charge is 0.350 e. The van der Waals surface area contributed by atoms with Gasteiger partial charge in [-0.15, -0.1) is 0 Å². The SMILES string of the molecule is COC(=O)c1sc(N/N=C/C(C)=C/c2ccccc2)nc1C. The van der Waals surface area contributed by atoms with Gasteiger partial charge in [-0.2, -0.15) is 5.10 Å². The molecule has 0 atom stereocenters. The Hall–Kier alpha value is -2.47. The summed E-state index contributed by atoms with van der Waals surface area (Å²) in [6.45, 7) is 3.73. The van der Waals surface area contributed by atoms with Crippen LogP contribution in [0, 0.1) is 6.92 Å². The quantitative estimate of drug-likeness (QED) is 0.518. The average molecular weight is 315 g/mol. The van der Waals surface area contributed by atoms with Gasteiger partial charge in [0.2, 0.25) is 5.13 Å². The lowest BCUT2D eigenvalue weighted by molar-refractivity contribution is 0.0605. The highest BCUT2D eigenvalue weighted by Crippen LogP contribution is 2.23. The molecule has 0 bridgehead atoms. The number of nitrogens with one attached hydrogen (secondary N) is 1. The molecule has 1 aromatic heterocycles. The van der Waals surface area contributed by atoms with Gasteiger partial charge in [0.15, 0.2) is 0 Å². The zero-order valence-electron chi connectivity index (χ0n) is 12.7. The molecule has 1 N–H and O–H groups in total. The van der Waals surface area contributed by atoms with E-state index in [1.165, 1.54) is 18.4 Å². The molecule has 0 aliphatic heterocycles. The summed E-state index contributed by atoms with van der Waals surface area (Å²) >= 11 is 1.22. The van der Waals surface area contributed by atoms with Crippen LogP contribution in [0.15, 0.2) is 41.0 Å². The molecule has 0 saturated carbocycles. The fourth-order valence-electron chi connectivity index (χ4n) is 1.77. The molecule has 0 radical (unpaired) electrons. The molecule has 0 aliphatic carbocycles. The van der Waals surface area contributed by atoms with Gasteiger partial charge in [-0.25, -0.2) is 9.78 Å². The van der Waals surface area contributed by atoms with Crippen molar-refractivity contribution in [1.82, 2.24) is 4.98 Å². The van der Waals surface area contributed by atoms with Crippen molar-refractivity contribution < 1.29 is 9.53 Å². The minimum absolute atomic E-state index is 0.382. The number of ether oxygens (including phenoxy) is 1. The predicted molar refractivity (Wildman–Crippen MR) is 90.4 cm³/mol. The van der Waals surface area contributed by atoms with Crippen LogP contribution in [-0.2, 0) is 4.74 Å². The molecule has 22 heavy (non-hydrogen) atoms. The molecule has 5 nitrogen and oxygen atoms in total. The normalized spacial score (nSPS) is 11.7. The van der Waals surface area contributed by atoms with E-state index in [0.717, 1.165) is 11.1 Å². The highest BCUT2D eigenvalue weighted by atomic mass is 32.1. The van der Waals surface area contributed by atoms with Crippen molar-refractivity contribution in [2.24, 2.45) is 5.10 Å². The number of thiazole rings is 1. The third kappa shape index (κ3) is 4.26. The molecule has 0 spiro atoms. The van der Waals surface area contributed by atoms with E-state index in [1.54, 1.807) is 13.1 Å². The van der Waals surface area contributed by atoms with E-state index in [1.807, 2.05) is 43.3 Å². The first kappa shape index (κ1) is 15.9. The van der Waals surface area contributed by atoms with Gasteiger partial charge in [-0.3, -0.25) is 5.43 Å². The topological polar surface area (TPSA) is 63.6 Å².